The summed E-state index contributed by atoms with van der Waals surface area (Å²) in [5.41, 5.74) is 0.339. The molecule has 3 aromatic rings. The van der Waals surface area contributed by atoms with Crippen LogP contribution in [0, 0.1) is 5.92 Å². The third-order valence-corrected chi connectivity index (χ3v) is 6.63. The topological polar surface area (TPSA) is 77.1 Å². The number of aromatic nitrogens is 2. The fourth-order valence-corrected chi connectivity index (χ4v) is 4.81. The van der Waals surface area contributed by atoms with Crippen molar-refractivity contribution in [2.24, 2.45) is 5.92 Å². The lowest BCUT2D eigenvalue weighted by atomic mass is 9.89. The van der Waals surface area contributed by atoms with E-state index < -0.39 is 0 Å². The molecule has 0 radical (unpaired) electrons. The molecule has 2 heterocycles. The van der Waals surface area contributed by atoms with Gasteiger partial charge in [-0.3, -0.25) is 14.2 Å². The number of thioether (sulfide) groups is 1. The van der Waals surface area contributed by atoms with Gasteiger partial charge in [0.1, 0.15) is 5.76 Å². The molecular weight excluding hydrogens is 422 g/mol. The highest BCUT2D eigenvalue weighted by atomic mass is 35.5. The number of rotatable bonds is 7. The van der Waals surface area contributed by atoms with Crippen molar-refractivity contribution in [1.82, 2.24) is 14.9 Å². The first-order valence-electron chi connectivity index (χ1n) is 10.2. The molecule has 158 valence electrons. The highest BCUT2D eigenvalue weighted by Crippen LogP contribution is 2.23. The molecule has 6 nitrogen and oxygen atoms in total. The SMILES string of the molecule is O=C(CSc1nc2cc(Cl)ccc2c(=O)n1Cc1ccco1)NCC1CCCCC1. The third-order valence-electron chi connectivity index (χ3n) is 5.42. The van der Waals surface area contributed by atoms with Crippen molar-refractivity contribution in [1.29, 1.82) is 0 Å². The van der Waals surface area contributed by atoms with Gasteiger partial charge in [0.15, 0.2) is 5.16 Å². The average molecular weight is 446 g/mol. The van der Waals surface area contributed by atoms with E-state index in [2.05, 4.69) is 10.3 Å². The lowest BCUT2D eigenvalue weighted by Crippen LogP contribution is -2.32. The monoisotopic (exact) mass is 445 g/mol. The maximum absolute atomic E-state index is 13.1. The Balaban J connectivity index is 1.52. The molecule has 1 saturated carbocycles. The van der Waals surface area contributed by atoms with Crippen LogP contribution in [0.2, 0.25) is 5.02 Å². The first kappa shape index (κ1) is 21.0. The lowest BCUT2D eigenvalue weighted by Gasteiger charge is -2.21. The largest absolute Gasteiger partial charge is 0.467 e. The molecule has 0 atom stereocenters. The number of nitrogens with zero attached hydrogens (tertiary/aromatic N) is 2. The molecule has 4 rings (SSSR count). The summed E-state index contributed by atoms with van der Waals surface area (Å²) < 4.78 is 6.96. The van der Waals surface area contributed by atoms with E-state index in [1.165, 1.54) is 43.9 Å². The predicted octanol–water partition coefficient (Wildman–Crippen LogP) is 4.48. The van der Waals surface area contributed by atoms with Crippen molar-refractivity contribution >= 4 is 40.2 Å². The third kappa shape index (κ3) is 5.08. The molecule has 1 aliphatic rings. The molecule has 1 amide bonds. The normalized spacial score (nSPS) is 14.8. The molecule has 0 spiro atoms. The number of fused-ring (bicyclic) bond motifs is 1. The van der Waals surface area contributed by atoms with Gasteiger partial charge in [-0.15, -0.1) is 0 Å². The Morgan fingerprint density at radius 1 is 1.27 bits per heavy atom. The van der Waals surface area contributed by atoms with Gasteiger partial charge in [-0.05, 0) is 49.1 Å². The summed E-state index contributed by atoms with van der Waals surface area (Å²) in [6.45, 7) is 0.975. The highest BCUT2D eigenvalue weighted by molar-refractivity contribution is 7.99. The van der Waals surface area contributed by atoms with Gasteiger partial charge in [0, 0.05) is 11.6 Å². The summed E-state index contributed by atoms with van der Waals surface area (Å²) >= 11 is 7.34. The molecule has 0 bridgehead atoms. The zero-order valence-electron chi connectivity index (χ0n) is 16.6. The van der Waals surface area contributed by atoms with E-state index in [1.54, 1.807) is 35.1 Å². The Morgan fingerprint density at radius 3 is 2.87 bits per heavy atom. The average Bonchev–Trinajstić information content (AvgIpc) is 3.27. The zero-order chi connectivity index (χ0) is 20.9. The van der Waals surface area contributed by atoms with E-state index in [4.69, 9.17) is 16.0 Å². The summed E-state index contributed by atoms with van der Waals surface area (Å²) in [4.78, 5) is 30.1. The van der Waals surface area contributed by atoms with E-state index >= 15 is 0 Å². The summed E-state index contributed by atoms with van der Waals surface area (Å²) in [5, 5.41) is 4.50. The van der Waals surface area contributed by atoms with Crippen molar-refractivity contribution in [2.75, 3.05) is 12.3 Å². The number of nitrogens with one attached hydrogen (secondary N) is 1. The molecule has 0 aliphatic heterocycles. The number of hydrogen-bond acceptors (Lipinski definition) is 5. The molecule has 1 N–H and O–H groups in total. The Morgan fingerprint density at radius 2 is 2.10 bits per heavy atom. The number of carbonyl (C=O) groups is 1. The van der Waals surface area contributed by atoms with E-state index in [9.17, 15) is 9.59 Å². The van der Waals surface area contributed by atoms with Crippen LogP contribution in [-0.4, -0.2) is 27.8 Å². The van der Waals surface area contributed by atoms with Crippen LogP contribution in [0.4, 0.5) is 0 Å². The number of benzene rings is 1. The summed E-state index contributed by atoms with van der Waals surface area (Å²) in [7, 11) is 0. The van der Waals surface area contributed by atoms with Gasteiger partial charge >= 0.3 is 0 Å². The second-order valence-corrected chi connectivity index (χ2v) is 9.00. The van der Waals surface area contributed by atoms with Crippen LogP contribution in [0.15, 0.2) is 51.0 Å². The minimum absolute atomic E-state index is 0.0458. The molecular formula is C22H24ClN3O3S. The van der Waals surface area contributed by atoms with Gasteiger partial charge in [-0.25, -0.2) is 4.98 Å². The van der Waals surface area contributed by atoms with E-state index in [0.717, 1.165) is 6.54 Å². The van der Waals surface area contributed by atoms with Gasteiger partial charge in [0.05, 0.1) is 29.5 Å². The van der Waals surface area contributed by atoms with Gasteiger partial charge in [0.25, 0.3) is 5.56 Å². The standard InChI is InChI=1S/C22H24ClN3O3S/c23-16-8-9-18-19(11-16)25-22(26(21(18)28)13-17-7-4-10-29-17)30-14-20(27)24-12-15-5-2-1-3-6-15/h4,7-11,15H,1-3,5-6,12-14H2,(H,24,27). The molecule has 1 aromatic carbocycles. The van der Waals surface area contributed by atoms with Gasteiger partial charge in [-0.1, -0.05) is 42.6 Å². The molecule has 1 fully saturated rings. The van der Waals surface area contributed by atoms with E-state index in [1.807, 2.05) is 6.07 Å². The summed E-state index contributed by atoms with van der Waals surface area (Å²) in [6.07, 6.45) is 7.73. The van der Waals surface area contributed by atoms with Crippen molar-refractivity contribution < 1.29 is 9.21 Å². The first-order valence-corrected chi connectivity index (χ1v) is 11.6. The minimum atomic E-state index is -0.182. The van der Waals surface area contributed by atoms with Crippen LogP contribution in [0.1, 0.15) is 37.9 Å². The molecule has 0 saturated heterocycles. The van der Waals surface area contributed by atoms with Gasteiger partial charge in [-0.2, -0.15) is 0 Å². The van der Waals surface area contributed by atoms with Crippen molar-refractivity contribution in [2.45, 2.75) is 43.8 Å². The van der Waals surface area contributed by atoms with Gasteiger partial charge in [0.2, 0.25) is 5.91 Å². The maximum atomic E-state index is 13.1. The van der Waals surface area contributed by atoms with E-state index in [0.29, 0.717) is 32.8 Å². The lowest BCUT2D eigenvalue weighted by molar-refractivity contribution is -0.118. The Hall–Kier alpha value is -2.25. The second kappa shape index (κ2) is 9.71. The number of carbonyl (C=O) groups excluding carboxylic acids is 1. The maximum Gasteiger partial charge on any atom is 0.262 e. The Labute approximate surface area is 184 Å². The van der Waals surface area contributed by atoms with Crippen LogP contribution >= 0.6 is 23.4 Å². The smallest absolute Gasteiger partial charge is 0.262 e. The molecule has 2 aromatic heterocycles. The molecule has 30 heavy (non-hydrogen) atoms. The van der Waals surface area contributed by atoms with Crippen LogP contribution in [0.5, 0.6) is 0 Å². The van der Waals surface area contributed by atoms with Crippen LogP contribution in [0.3, 0.4) is 0 Å². The summed E-state index contributed by atoms with van der Waals surface area (Å²) in [5.74, 6) is 1.38. The Bertz CT molecular complexity index is 1080. The van der Waals surface area contributed by atoms with Crippen molar-refractivity contribution in [3.8, 4) is 0 Å². The van der Waals surface area contributed by atoms with Crippen LogP contribution in [-0.2, 0) is 11.3 Å². The fourth-order valence-electron chi connectivity index (χ4n) is 3.81. The zero-order valence-corrected chi connectivity index (χ0v) is 18.2. The highest BCUT2D eigenvalue weighted by Gasteiger charge is 2.17. The number of furan rings is 1. The molecule has 8 heteroatoms. The minimum Gasteiger partial charge on any atom is -0.467 e. The van der Waals surface area contributed by atoms with Crippen LogP contribution < -0.4 is 10.9 Å². The number of halogens is 1. The van der Waals surface area contributed by atoms with Crippen molar-refractivity contribution in [3.63, 3.8) is 0 Å². The number of amides is 1. The van der Waals surface area contributed by atoms with E-state index in [-0.39, 0.29) is 23.8 Å². The van der Waals surface area contributed by atoms with Gasteiger partial charge < -0.3 is 9.73 Å². The molecule has 1 aliphatic carbocycles. The first-order chi connectivity index (χ1) is 14.6. The van der Waals surface area contributed by atoms with Crippen molar-refractivity contribution in [3.05, 3.63) is 57.7 Å². The van der Waals surface area contributed by atoms with Crippen LogP contribution in [0.25, 0.3) is 10.9 Å². The number of hydrogen-bond donors (Lipinski definition) is 1. The second-order valence-electron chi connectivity index (χ2n) is 7.62. The Kier molecular flexibility index (Phi) is 6.79. The predicted molar refractivity (Wildman–Crippen MR) is 119 cm³/mol. The molecule has 0 unspecified atom stereocenters. The fraction of sp³-hybridized carbons (Fsp3) is 0.409. The quantitative estimate of drug-likeness (QED) is 0.428. The summed E-state index contributed by atoms with van der Waals surface area (Å²) in [6, 6.07) is 8.61.